The van der Waals surface area contributed by atoms with E-state index in [1.165, 1.54) is 25.0 Å². The van der Waals surface area contributed by atoms with Crippen molar-refractivity contribution in [3.05, 3.63) is 15.9 Å². The molecule has 12 heteroatoms. The van der Waals surface area contributed by atoms with Gasteiger partial charge in [0.1, 0.15) is 0 Å². The molecule has 0 radical (unpaired) electrons. The number of guanidine groups is 1. The van der Waals surface area contributed by atoms with Crippen molar-refractivity contribution in [1.82, 2.24) is 15.5 Å². The molecule has 1 unspecified atom stereocenters. The normalized spacial score (nSPS) is 12.4. The van der Waals surface area contributed by atoms with Crippen LogP contribution in [-0.2, 0) is 5.75 Å². The Morgan fingerprint density at radius 3 is 3.05 bits per heavy atom. The fraction of sp³-hybridized carbons (Fsp3) is 0.556. The number of rotatable bonds is 9. The van der Waals surface area contributed by atoms with Gasteiger partial charge in [-0.05, 0) is 7.05 Å². The second-order valence-corrected chi connectivity index (χ2v) is 4.76. The summed E-state index contributed by atoms with van der Waals surface area (Å²) in [6.45, 7) is 0.454. The SMILES string of the molecule is CNC(C=NCCSCc1noc(N=C(N)N)n1)[N+](=O)[O-]. The Balaban J connectivity index is 2.25. The van der Waals surface area contributed by atoms with E-state index in [1.54, 1.807) is 0 Å². The maximum Gasteiger partial charge on any atom is 0.350 e. The molecule has 0 aliphatic carbocycles. The summed E-state index contributed by atoms with van der Waals surface area (Å²) >= 11 is 1.51. The summed E-state index contributed by atoms with van der Waals surface area (Å²) in [6.07, 6.45) is 0.306. The van der Waals surface area contributed by atoms with Gasteiger partial charge in [0.05, 0.1) is 12.0 Å². The third-order valence-corrected chi connectivity index (χ3v) is 2.98. The van der Waals surface area contributed by atoms with Crippen LogP contribution in [0.4, 0.5) is 6.01 Å². The fourth-order valence-electron chi connectivity index (χ4n) is 1.15. The number of nitrogens with one attached hydrogen (secondary N) is 1. The smallest absolute Gasteiger partial charge is 0.350 e. The average Bonchev–Trinajstić information content (AvgIpc) is 2.84. The molecule has 0 bridgehead atoms. The highest BCUT2D eigenvalue weighted by atomic mass is 32.2. The van der Waals surface area contributed by atoms with Crippen molar-refractivity contribution in [2.45, 2.75) is 11.9 Å². The van der Waals surface area contributed by atoms with Crippen LogP contribution in [0.1, 0.15) is 5.82 Å². The lowest BCUT2D eigenvalue weighted by atomic mass is 10.5. The first-order valence-corrected chi connectivity index (χ1v) is 6.99. The van der Waals surface area contributed by atoms with Gasteiger partial charge in [-0.2, -0.15) is 21.7 Å². The van der Waals surface area contributed by atoms with E-state index in [-0.39, 0.29) is 12.0 Å². The Morgan fingerprint density at radius 1 is 1.67 bits per heavy atom. The molecule has 1 rings (SSSR count). The second-order valence-electron chi connectivity index (χ2n) is 3.66. The van der Waals surface area contributed by atoms with E-state index in [0.29, 0.717) is 23.9 Å². The number of aliphatic imine (C=N–C) groups is 2. The van der Waals surface area contributed by atoms with Crippen LogP contribution in [0.2, 0.25) is 0 Å². The third-order valence-electron chi connectivity index (χ3n) is 2.05. The van der Waals surface area contributed by atoms with Crippen LogP contribution in [0.15, 0.2) is 14.5 Å². The molecule has 1 heterocycles. The summed E-state index contributed by atoms with van der Waals surface area (Å²) in [6, 6.07) is 0.00599. The molecule has 11 nitrogen and oxygen atoms in total. The summed E-state index contributed by atoms with van der Waals surface area (Å²) in [5.74, 6) is 1.47. The van der Waals surface area contributed by atoms with Crippen LogP contribution in [-0.4, -0.2) is 52.7 Å². The summed E-state index contributed by atoms with van der Waals surface area (Å²) < 4.78 is 4.79. The van der Waals surface area contributed by atoms with Crippen molar-refractivity contribution in [2.75, 3.05) is 19.3 Å². The number of nitrogens with two attached hydrogens (primary N) is 2. The average molecular weight is 316 g/mol. The van der Waals surface area contributed by atoms with Crippen molar-refractivity contribution in [3.8, 4) is 0 Å². The van der Waals surface area contributed by atoms with Gasteiger partial charge in [-0.25, -0.2) is 0 Å². The molecule has 21 heavy (non-hydrogen) atoms. The van der Waals surface area contributed by atoms with Gasteiger partial charge in [0.15, 0.2) is 11.8 Å². The number of aromatic nitrogens is 2. The molecule has 116 valence electrons. The van der Waals surface area contributed by atoms with Crippen LogP contribution >= 0.6 is 11.8 Å². The monoisotopic (exact) mass is 316 g/mol. The van der Waals surface area contributed by atoms with Crippen molar-refractivity contribution in [2.24, 2.45) is 21.5 Å². The summed E-state index contributed by atoms with van der Waals surface area (Å²) in [4.78, 5) is 21.6. The molecule has 0 aromatic carbocycles. The zero-order chi connectivity index (χ0) is 15.7. The van der Waals surface area contributed by atoms with E-state index in [4.69, 9.17) is 16.0 Å². The molecule has 1 aromatic rings. The van der Waals surface area contributed by atoms with Crippen LogP contribution in [0.5, 0.6) is 0 Å². The molecule has 0 saturated heterocycles. The minimum atomic E-state index is -0.964. The molecule has 5 N–H and O–H groups in total. The highest BCUT2D eigenvalue weighted by Crippen LogP contribution is 2.12. The zero-order valence-corrected chi connectivity index (χ0v) is 12.1. The first kappa shape index (κ1) is 16.8. The van der Waals surface area contributed by atoms with Crippen molar-refractivity contribution < 1.29 is 9.45 Å². The van der Waals surface area contributed by atoms with E-state index in [2.05, 4.69) is 25.4 Å². The van der Waals surface area contributed by atoms with Gasteiger partial charge < -0.3 is 16.0 Å². The minimum Gasteiger partial charge on any atom is -0.370 e. The van der Waals surface area contributed by atoms with Crippen LogP contribution in [0.25, 0.3) is 0 Å². The van der Waals surface area contributed by atoms with E-state index >= 15 is 0 Å². The van der Waals surface area contributed by atoms with Gasteiger partial charge in [-0.15, -0.1) is 0 Å². The first-order chi connectivity index (χ1) is 10.0. The number of hydrogen-bond donors (Lipinski definition) is 3. The van der Waals surface area contributed by atoms with Crippen molar-refractivity contribution >= 4 is 30.0 Å². The van der Waals surface area contributed by atoms with Gasteiger partial charge in [0, 0.05) is 17.2 Å². The minimum absolute atomic E-state index is 0.00599. The van der Waals surface area contributed by atoms with E-state index in [0.717, 1.165) is 0 Å². The Bertz CT molecular complexity index is 513. The Hall–Kier alpha value is -2.21. The van der Waals surface area contributed by atoms with Crippen LogP contribution in [0, 0.1) is 10.1 Å². The zero-order valence-electron chi connectivity index (χ0n) is 11.3. The number of nitro groups is 1. The van der Waals surface area contributed by atoms with Gasteiger partial charge in [0.2, 0.25) is 0 Å². The first-order valence-electron chi connectivity index (χ1n) is 5.83. The quantitative estimate of drug-likeness (QED) is 0.130. The predicted molar refractivity (Wildman–Crippen MR) is 79.1 cm³/mol. The standard InChI is InChI=1S/C9H16N8O3S/c1-12-7(17(18)19)4-13-2-3-21-5-6-14-9(20-16-6)15-8(10)11/h4,7,12H,2-3,5H2,1H3,(H4,10,11,14,15,16). The summed E-state index contributed by atoms with van der Waals surface area (Å²) in [7, 11) is 1.50. The highest BCUT2D eigenvalue weighted by molar-refractivity contribution is 7.98. The Morgan fingerprint density at radius 2 is 2.43 bits per heavy atom. The Kier molecular flexibility index (Phi) is 7.11. The molecule has 1 aromatic heterocycles. The summed E-state index contributed by atoms with van der Waals surface area (Å²) in [5.41, 5.74) is 10.3. The molecule has 0 saturated carbocycles. The molecular weight excluding hydrogens is 300 g/mol. The van der Waals surface area contributed by atoms with Crippen molar-refractivity contribution in [1.29, 1.82) is 0 Å². The molecule has 0 aliphatic heterocycles. The Labute approximate surface area is 124 Å². The van der Waals surface area contributed by atoms with Crippen molar-refractivity contribution in [3.63, 3.8) is 0 Å². The van der Waals surface area contributed by atoms with E-state index in [9.17, 15) is 10.1 Å². The van der Waals surface area contributed by atoms with Gasteiger partial charge in [-0.3, -0.25) is 20.4 Å². The third kappa shape index (κ3) is 6.67. The van der Waals surface area contributed by atoms with E-state index in [1.807, 2.05) is 0 Å². The number of thioether (sulfide) groups is 1. The maximum absolute atomic E-state index is 10.5. The lowest BCUT2D eigenvalue weighted by molar-refractivity contribution is -0.507. The lowest BCUT2D eigenvalue weighted by Crippen LogP contribution is -2.34. The van der Waals surface area contributed by atoms with Gasteiger partial charge >= 0.3 is 12.2 Å². The topological polar surface area (TPSA) is 171 Å². The van der Waals surface area contributed by atoms with E-state index < -0.39 is 11.1 Å². The number of hydrogen-bond acceptors (Lipinski definition) is 9. The molecule has 1 atom stereocenters. The second kappa shape index (κ2) is 8.86. The molecule has 0 fully saturated rings. The molecule has 0 spiro atoms. The highest BCUT2D eigenvalue weighted by Gasteiger charge is 2.12. The number of nitrogens with zero attached hydrogens (tertiary/aromatic N) is 5. The lowest BCUT2D eigenvalue weighted by Gasteiger charge is -2.00. The van der Waals surface area contributed by atoms with Gasteiger partial charge in [0.25, 0.3) is 0 Å². The summed E-state index contributed by atoms with van der Waals surface area (Å²) in [5, 5.41) is 16.7. The largest absolute Gasteiger partial charge is 0.370 e. The maximum atomic E-state index is 10.5. The molecular formula is C9H16N8O3S. The fourth-order valence-corrected chi connectivity index (χ4v) is 1.83. The van der Waals surface area contributed by atoms with Crippen LogP contribution in [0.3, 0.4) is 0 Å². The predicted octanol–water partition coefficient (Wildman–Crippen LogP) is -0.899. The molecule has 0 aliphatic rings. The van der Waals surface area contributed by atoms with Crippen LogP contribution < -0.4 is 16.8 Å². The molecule has 0 amide bonds. The van der Waals surface area contributed by atoms with Gasteiger partial charge in [-0.1, -0.05) is 5.16 Å².